The topological polar surface area (TPSA) is 87.7 Å². The molecule has 0 radical (unpaired) electrons. The lowest BCUT2D eigenvalue weighted by molar-refractivity contribution is -0.142. The van der Waals surface area contributed by atoms with Gasteiger partial charge in [0.25, 0.3) is 0 Å². The molecule has 2 unspecified atom stereocenters. The van der Waals surface area contributed by atoms with E-state index in [0.717, 1.165) is 43.2 Å². The largest absolute Gasteiger partial charge is 0.444 e. The molecular formula is C32H45N3O4. The molecule has 212 valence electrons. The number of hydrogen-bond acceptors (Lipinski definition) is 4. The first-order valence-corrected chi connectivity index (χ1v) is 13.9. The summed E-state index contributed by atoms with van der Waals surface area (Å²) in [4.78, 5) is 41.7. The molecule has 3 amide bonds. The zero-order chi connectivity index (χ0) is 28.8. The van der Waals surface area contributed by atoms with Crippen LogP contribution in [0, 0.1) is 0 Å². The molecule has 0 bridgehead atoms. The highest BCUT2D eigenvalue weighted by Crippen LogP contribution is 2.25. The van der Waals surface area contributed by atoms with Gasteiger partial charge >= 0.3 is 6.09 Å². The van der Waals surface area contributed by atoms with Crippen LogP contribution < -0.4 is 10.6 Å². The highest BCUT2D eigenvalue weighted by Gasteiger charge is 2.34. The maximum atomic E-state index is 13.9. The van der Waals surface area contributed by atoms with Crippen LogP contribution in [0.2, 0.25) is 0 Å². The first-order valence-electron chi connectivity index (χ1n) is 13.9. The number of ether oxygens (including phenoxy) is 1. The number of nitrogens with zero attached hydrogens (tertiary/aromatic N) is 1. The van der Waals surface area contributed by atoms with Gasteiger partial charge in [-0.3, -0.25) is 9.59 Å². The zero-order valence-corrected chi connectivity index (χ0v) is 24.2. The van der Waals surface area contributed by atoms with Crippen LogP contribution in [0.4, 0.5) is 4.79 Å². The van der Waals surface area contributed by atoms with Crippen LogP contribution in [0.1, 0.15) is 89.5 Å². The fourth-order valence-electron chi connectivity index (χ4n) is 4.26. The van der Waals surface area contributed by atoms with Crippen LogP contribution in [-0.2, 0) is 20.9 Å². The van der Waals surface area contributed by atoms with Crippen molar-refractivity contribution in [1.29, 1.82) is 0 Å². The lowest BCUT2D eigenvalue weighted by Gasteiger charge is -2.34. The predicted octanol–water partition coefficient (Wildman–Crippen LogP) is 6.40. The number of alkyl carbamates (subject to hydrolysis) is 1. The second-order valence-electron chi connectivity index (χ2n) is 10.8. The van der Waals surface area contributed by atoms with Crippen LogP contribution in [0.3, 0.4) is 0 Å². The van der Waals surface area contributed by atoms with Crippen LogP contribution in [0.25, 0.3) is 6.08 Å². The van der Waals surface area contributed by atoms with Gasteiger partial charge < -0.3 is 20.3 Å². The van der Waals surface area contributed by atoms with E-state index in [1.165, 1.54) is 0 Å². The Bertz CT molecular complexity index is 1080. The Morgan fingerprint density at radius 3 is 2.33 bits per heavy atom. The maximum absolute atomic E-state index is 13.9. The summed E-state index contributed by atoms with van der Waals surface area (Å²) in [5.41, 5.74) is 1.80. The molecule has 2 aromatic rings. The highest BCUT2D eigenvalue weighted by molar-refractivity contribution is 5.92. The SMILES string of the molecule is C=Cc1cccc(C(C(=O)NCc2ccccc2)N(CCCCCCC)C(=O)C(C)NC(=O)OC(C)(C)C)c1. The minimum absolute atomic E-state index is 0.286. The molecule has 0 heterocycles. The van der Waals surface area contributed by atoms with Gasteiger partial charge in [0.2, 0.25) is 11.8 Å². The summed E-state index contributed by atoms with van der Waals surface area (Å²) in [6, 6.07) is 15.4. The minimum Gasteiger partial charge on any atom is -0.444 e. The number of carbonyl (C=O) groups excluding carboxylic acids is 3. The van der Waals surface area contributed by atoms with Crippen molar-refractivity contribution in [3.8, 4) is 0 Å². The van der Waals surface area contributed by atoms with Crippen LogP contribution in [-0.4, -0.2) is 41.0 Å². The smallest absolute Gasteiger partial charge is 0.408 e. The number of unbranched alkanes of at least 4 members (excludes halogenated alkanes) is 4. The summed E-state index contributed by atoms with van der Waals surface area (Å²) in [7, 11) is 0. The van der Waals surface area contributed by atoms with E-state index in [0.29, 0.717) is 18.7 Å². The number of amides is 3. The molecule has 0 aromatic heterocycles. The third-order valence-electron chi connectivity index (χ3n) is 6.22. The number of rotatable bonds is 14. The van der Waals surface area contributed by atoms with Crippen molar-refractivity contribution in [2.24, 2.45) is 0 Å². The summed E-state index contributed by atoms with van der Waals surface area (Å²) in [5, 5.41) is 5.67. The molecule has 2 rings (SSSR count). The number of carbonyl (C=O) groups is 3. The van der Waals surface area contributed by atoms with E-state index in [1.807, 2.05) is 54.6 Å². The molecular weight excluding hydrogens is 490 g/mol. The van der Waals surface area contributed by atoms with Crippen molar-refractivity contribution in [2.45, 2.75) is 91.0 Å². The molecule has 0 aliphatic heterocycles. The monoisotopic (exact) mass is 535 g/mol. The third-order valence-corrected chi connectivity index (χ3v) is 6.22. The van der Waals surface area contributed by atoms with Gasteiger partial charge in [0.15, 0.2) is 0 Å². The van der Waals surface area contributed by atoms with Gasteiger partial charge in [-0.1, -0.05) is 93.8 Å². The summed E-state index contributed by atoms with van der Waals surface area (Å²) in [6.45, 7) is 13.6. The molecule has 2 aromatic carbocycles. The first-order chi connectivity index (χ1) is 18.6. The van der Waals surface area contributed by atoms with Crippen molar-refractivity contribution in [2.75, 3.05) is 6.54 Å². The van der Waals surface area contributed by atoms with Crippen LogP contribution in [0.15, 0.2) is 61.2 Å². The van der Waals surface area contributed by atoms with Crippen molar-refractivity contribution in [3.63, 3.8) is 0 Å². The molecule has 0 aliphatic rings. The van der Waals surface area contributed by atoms with Gasteiger partial charge in [-0.2, -0.15) is 0 Å². The highest BCUT2D eigenvalue weighted by atomic mass is 16.6. The maximum Gasteiger partial charge on any atom is 0.408 e. The Morgan fingerprint density at radius 1 is 1.00 bits per heavy atom. The molecule has 0 fully saturated rings. The molecule has 7 heteroatoms. The normalized spacial score (nSPS) is 12.6. The third kappa shape index (κ3) is 11.0. The summed E-state index contributed by atoms with van der Waals surface area (Å²) < 4.78 is 5.36. The molecule has 7 nitrogen and oxygen atoms in total. The number of hydrogen-bond donors (Lipinski definition) is 2. The second-order valence-corrected chi connectivity index (χ2v) is 10.8. The standard InChI is InChI=1S/C32H45N3O4/c1-7-9-10-11-15-21-35(30(37)24(3)34-31(38)39-32(4,5)6)28(27-20-16-19-25(8-2)22-27)29(36)33-23-26-17-13-12-14-18-26/h8,12-14,16-20,22,24,28H,2,7,9-11,15,21,23H2,1,3-6H3,(H,33,36)(H,34,38). The summed E-state index contributed by atoms with van der Waals surface area (Å²) >= 11 is 0. The van der Waals surface area contributed by atoms with Gasteiger partial charge in [-0.25, -0.2) is 4.79 Å². The predicted molar refractivity (Wildman–Crippen MR) is 157 cm³/mol. The van der Waals surface area contributed by atoms with E-state index in [-0.39, 0.29) is 11.8 Å². The average molecular weight is 536 g/mol. The van der Waals surface area contributed by atoms with Crippen molar-refractivity contribution < 1.29 is 19.1 Å². The molecule has 0 saturated heterocycles. The van der Waals surface area contributed by atoms with Crippen LogP contribution >= 0.6 is 0 Å². The number of nitrogens with one attached hydrogen (secondary N) is 2. The van der Waals surface area contributed by atoms with Crippen LogP contribution in [0.5, 0.6) is 0 Å². The van der Waals surface area contributed by atoms with Gasteiger partial charge in [-0.15, -0.1) is 0 Å². The molecule has 2 N–H and O–H groups in total. The zero-order valence-electron chi connectivity index (χ0n) is 24.2. The minimum atomic E-state index is -0.887. The molecule has 0 saturated carbocycles. The van der Waals surface area contributed by atoms with Gasteiger partial charge in [0.1, 0.15) is 17.7 Å². The fraction of sp³-hybridized carbons (Fsp3) is 0.469. The van der Waals surface area contributed by atoms with Gasteiger partial charge in [0.05, 0.1) is 0 Å². The first kappa shape index (κ1) is 31.6. The van der Waals surface area contributed by atoms with E-state index in [2.05, 4.69) is 24.1 Å². The van der Waals surface area contributed by atoms with E-state index < -0.39 is 23.8 Å². The summed E-state index contributed by atoms with van der Waals surface area (Å²) in [5.74, 6) is -0.633. The Kier molecular flexibility index (Phi) is 12.7. The van der Waals surface area contributed by atoms with E-state index in [1.54, 1.807) is 38.7 Å². The average Bonchev–Trinajstić information content (AvgIpc) is 2.90. The quantitative estimate of drug-likeness (QED) is 0.274. The van der Waals surface area contributed by atoms with Gasteiger partial charge in [-0.05, 0) is 56.9 Å². The number of benzene rings is 2. The Labute approximate surface area is 234 Å². The molecule has 0 spiro atoms. The Balaban J connectivity index is 2.38. The summed E-state index contributed by atoms with van der Waals surface area (Å²) in [6.07, 6.45) is 6.01. The van der Waals surface area contributed by atoms with Crippen molar-refractivity contribution >= 4 is 24.0 Å². The van der Waals surface area contributed by atoms with Crippen molar-refractivity contribution in [1.82, 2.24) is 15.5 Å². The van der Waals surface area contributed by atoms with Gasteiger partial charge in [0, 0.05) is 13.1 Å². The fourth-order valence-corrected chi connectivity index (χ4v) is 4.26. The molecule has 39 heavy (non-hydrogen) atoms. The molecule has 0 aliphatic carbocycles. The van der Waals surface area contributed by atoms with E-state index in [9.17, 15) is 14.4 Å². The van der Waals surface area contributed by atoms with Crippen molar-refractivity contribution in [3.05, 3.63) is 77.9 Å². The lowest BCUT2D eigenvalue weighted by atomic mass is 9.99. The lowest BCUT2D eigenvalue weighted by Crippen LogP contribution is -2.52. The Morgan fingerprint density at radius 2 is 1.69 bits per heavy atom. The second kappa shape index (κ2) is 15.7. The molecule has 2 atom stereocenters. The Hall–Kier alpha value is -3.61. The van der Waals surface area contributed by atoms with E-state index in [4.69, 9.17) is 4.74 Å². The van der Waals surface area contributed by atoms with E-state index >= 15 is 0 Å².